The maximum atomic E-state index is 5.52. The summed E-state index contributed by atoms with van der Waals surface area (Å²) in [7, 11) is 2.10. The van der Waals surface area contributed by atoms with Crippen molar-refractivity contribution in [2.45, 2.75) is 45.2 Å². The first-order chi connectivity index (χ1) is 8.20. The van der Waals surface area contributed by atoms with Crippen molar-refractivity contribution >= 4 is 0 Å². The van der Waals surface area contributed by atoms with Crippen LogP contribution in [0.1, 0.15) is 33.1 Å². The van der Waals surface area contributed by atoms with Gasteiger partial charge >= 0.3 is 0 Å². The van der Waals surface area contributed by atoms with Crippen molar-refractivity contribution < 1.29 is 4.74 Å². The molecular weight excluding hydrogens is 212 g/mol. The number of nitrogens with zero attached hydrogens (tertiary/aromatic N) is 1. The van der Waals surface area contributed by atoms with E-state index < -0.39 is 0 Å². The van der Waals surface area contributed by atoms with Gasteiger partial charge in [-0.2, -0.15) is 0 Å². The van der Waals surface area contributed by atoms with E-state index in [1.807, 2.05) is 0 Å². The summed E-state index contributed by atoms with van der Waals surface area (Å²) in [5, 5.41) is 3.51. The van der Waals surface area contributed by atoms with Gasteiger partial charge in [-0.25, -0.2) is 0 Å². The minimum Gasteiger partial charge on any atom is -0.381 e. The smallest absolute Gasteiger partial charge is 0.0510 e. The Morgan fingerprint density at radius 2 is 2.12 bits per heavy atom. The van der Waals surface area contributed by atoms with E-state index in [4.69, 9.17) is 4.74 Å². The lowest BCUT2D eigenvalue weighted by Crippen LogP contribution is -2.50. The third-order valence-corrected chi connectivity index (χ3v) is 4.58. The van der Waals surface area contributed by atoms with E-state index in [0.29, 0.717) is 12.0 Å². The zero-order chi connectivity index (χ0) is 12.3. The summed E-state index contributed by atoms with van der Waals surface area (Å²) in [5.74, 6) is 1.58. The number of piperidine rings is 1. The number of hydrogen-bond acceptors (Lipinski definition) is 3. The van der Waals surface area contributed by atoms with Crippen LogP contribution in [-0.4, -0.2) is 50.3 Å². The summed E-state index contributed by atoms with van der Waals surface area (Å²) in [6.45, 7) is 9.12. The van der Waals surface area contributed by atoms with Crippen LogP contribution in [0.2, 0.25) is 0 Å². The van der Waals surface area contributed by atoms with Gasteiger partial charge in [-0.05, 0) is 39.2 Å². The fourth-order valence-corrected chi connectivity index (χ4v) is 3.23. The molecule has 0 radical (unpaired) electrons. The first-order valence-electron chi connectivity index (χ1n) is 7.19. The molecular formula is C14H28N2O. The zero-order valence-corrected chi connectivity index (χ0v) is 11.6. The van der Waals surface area contributed by atoms with Crippen molar-refractivity contribution in [1.29, 1.82) is 0 Å². The molecule has 3 nitrogen and oxygen atoms in total. The van der Waals surface area contributed by atoms with Crippen molar-refractivity contribution in [3.05, 3.63) is 0 Å². The van der Waals surface area contributed by atoms with Crippen molar-refractivity contribution in [3.63, 3.8) is 0 Å². The molecule has 2 aliphatic rings. The van der Waals surface area contributed by atoms with Crippen LogP contribution in [0.15, 0.2) is 0 Å². The molecule has 2 rings (SSSR count). The molecule has 1 N–H and O–H groups in total. The molecule has 0 amide bonds. The lowest BCUT2D eigenvalue weighted by Gasteiger charge is -2.39. The molecule has 100 valence electrons. The van der Waals surface area contributed by atoms with Crippen LogP contribution in [0, 0.1) is 11.8 Å². The summed E-state index contributed by atoms with van der Waals surface area (Å²) >= 11 is 0. The molecule has 0 spiro atoms. The number of likely N-dealkylation sites (tertiary alicyclic amines) is 1. The minimum atomic E-state index is 0.602. The Bertz CT molecular complexity index is 228. The number of likely N-dealkylation sites (N-methyl/N-ethyl adjacent to an activating group) is 1. The normalized spacial score (nSPS) is 37.2. The molecule has 0 bridgehead atoms. The molecule has 0 aromatic heterocycles. The van der Waals surface area contributed by atoms with Gasteiger partial charge in [0.1, 0.15) is 0 Å². The van der Waals surface area contributed by atoms with Crippen LogP contribution in [0.4, 0.5) is 0 Å². The lowest BCUT2D eigenvalue weighted by atomic mass is 9.92. The Hall–Kier alpha value is -0.120. The summed E-state index contributed by atoms with van der Waals surface area (Å²) in [5.41, 5.74) is 0. The Balaban J connectivity index is 1.87. The summed E-state index contributed by atoms with van der Waals surface area (Å²) in [4.78, 5) is 2.67. The Labute approximate surface area is 106 Å². The van der Waals surface area contributed by atoms with Gasteiger partial charge in [0.2, 0.25) is 0 Å². The minimum absolute atomic E-state index is 0.602. The van der Waals surface area contributed by atoms with E-state index in [1.165, 1.54) is 32.4 Å². The van der Waals surface area contributed by atoms with E-state index in [0.717, 1.165) is 25.2 Å². The molecule has 4 unspecified atom stereocenters. The van der Waals surface area contributed by atoms with Crippen molar-refractivity contribution in [3.8, 4) is 0 Å². The van der Waals surface area contributed by atoms with Crippen molar-refractivity contribution in [1.82, 2.24) is 10.2 Å². The van der Waals surface area contributed by atoms with Gasteiger partial charge in [0.05, 0.1) is 6.61 Å². The molecule has 17 heavy (non-hydrogen) atoms. The molecule has 2 heterocycles. The topological polar surface area (TPSA) is 24.5 Å². The largest absolute Gasteiger partial charge is 0.381 e. The van der Waals surface area contributed by atoms with Crippen LogP contribution < -0.4 is 5.32 Å². The standard InChI is InChI=1S/C14H28N2O/c1-11-4-5-12(2)16(8-11)9-14(15-3)13-6-7-17-10-13/h11-15H,4-10H2,1-3H3. The SMILES string of the molecule is CNC(CN1CC(C)CCC1C)C1CCOC1. The fraction of sp³-hybridized carbons (Fsp3) is 1.00. The summed E-state index contributed by atoms with van der Waals surface area (Å²) in [6, 6.07) is 1.36. The van der Waals surface area contributed by atoms with E-state index in [-0.39, 0.29) is 0 Å². The molecule has 0 aromatic carbocycles. The summed E-state index contributed by atoms with van der Waals surface area (Å²) < 4.78 is 5.52. The maximum absolute atomic E-state index is 5.52. The molecule has 2 saturated heterocycles. The predicted octanol–water partition coefficient (Wildman–Crippen LogP) is 1.73. The van der Waals surface area contributed by atoms with Gasteiger partial charge in [-0.3, -0.25) is 4.90 Å². The van der Waals surface area contributed by atoms with Crippen LogP contribution in [0.5, 0.6) is 0 Å². The first-order valence-corrected chi connectivity index (χ1v) is 7.19. The highest BCUT2D eigenvalue weighted by Gasteiger charge is 2.30. The van der Waals surface area contributed by atoms with Gasteiger partial charge in [0.25, 0.3) is 0 Å². The number of ether oxygens (including phenoxy) is 1. The second kappa shape index (κ2) is 6.17. The van der Waals surface area contributed by atoms with Gasteiger partial charge in [-0.15, -0.1) is 0 Å². The Morgan fingerprint density at radius 3 is 2.76 bits per heavy atom. The monoisotopic (exact) mass is 240 g/mol. The van der Waals surface area contributed by atoms with E-state index in [9.17, 15) is 0 Å². The maximum Gasteiger partial charge on any atom is 0.0510 e. The van der Waals surface area contributed by atoms with E-state index in [2.05, 4.69) is 31.1 Å². The first kappa shape index (κ1) is 13.3. The highest BCUT2D eigenvalue weighted by atomic mass is 16.5. The predicted molar refractivity (Wildman–Crippen MR) is 71.2 cm³/mol. The van der Waals surface area contributed by atoms with Gasteiger partial charge in [0, 0.05) is 37.7 Å². The number of hydrogen-bond donors (Lipinski definition) is 1. The molecule has 3 heteroatoms. The van der Waals surface area contributed by atoms with Crippen LogP contribution in [0.3, 0.4) is 0 Å². The van der Waals surface area contributed by atoms with E-state index in [1.54, 1.807) is 0 Å². The zero-order valence-electron chi connectivity index (χ0n) is 11.6. The molecule has 2 fully saturated rings. The number of rotatable bonds is 4. The molecule has 4 atom stereocenters. The lowest BCUT2D eigenvalue weighted by molar-refractivity contribution is 0.0977. The average molecular weight is 240 g/mol. The molecule has 2 aliphatic heterocycles. The van der Waals surface area contributed by atoms with Gasteiger partial charge < -0.3 is 10.1 Å². The highest BCUT2D eigenvalue weighted by Crippen LogP contribution is 2.24. The van der Waals surface area contributed by atoms with Crippen molar-refractivity contribution in [2.24, 2.45) is 11.8 Å². The van der Waals surface area contributed by atoms with E-state index >= 15 is 0 Å². The van der Waals surface area contributed by atoms with Crippen LogP contribution >= 0.6 is 0 Å². The molecule has 0 aliphatic carbocycles. The summed E-state index contributed by atoms with van der Waals surface area (Å²) in [6.07, 6.45) is 3.98. The number of nitrogens with one attached hydrogen (secondary N) is 1. The van der Waals surface area contributed by atoms with Gasteiger partial charge in [0.15, 0.2) is 0 Å². The van der Waals surface area contributed by atoms with Crippen LogP contribution in [-0.2, 0) is 4.74 Å². The second-order valence-electron chi connectivity index (χ2n) is 6.00. The quantitative estimate of drug-likeness (QED) is 0.810. The molecule has 0 aromatic rings. The van der Waals surface area contributed by atoms with Crippen molar-refractivity contribution in [2.75, 3.05) is 33.4 Å². The Kier molecular flexibility index (Phi) is 4.83. The fourth-order valence-electron chi connectivity index (χ4n) is 3.23. The molecule has 0 saturated carbocycles. The van der Waals surface area contributed by atoms with Crippen LogP contribution in [0.25, 0.3) is 0 Å². The average Bonchev–Trinajstić information content (AvgIpc) is 2.84. The Morgan fingerprint density at radius 1 is 1.29 bits per heavy atom. The second-order valence-corrected chi connectivity index (χ2v) is 6.00. The third kappa shape index (κ3) is 3.43. The van der Waals surface area contributed by atoms with Gasteiger partial charge in [-0.1, -0.05) is 6.92 Å². The highest BCUT2D eigenvalue weighted by molar-refractivity contribution is 4.85. The third-order valence-electron chi connectivity index (χ3n) is 4.58.